The summed E-state index contributed by atoms with van der Waals surface area (Å²) in [5, 5.41) is 2.44. The number of amides is 1. The number of carbonyl (C=O) groups is 1. The van der Waals surface area contributed by atoms with Gasteiger partial charge in [0.1, 0.15) is 11.6 Å². The lowest BCUT2D eigenvalue weighted by Gasteiger charge is -2.14. The summed E-state index contributed by atoms with van der Waals surface area (Å²) in [4.78, 5) is 12.0. The summed E-state index contributed by atoms with van der Waals surface area (Å²) in [5.41, 5.74) is -0.606. The van der Waals surface area contributed by atoms with Crippen LogP contribution in [0.15, 0.2) is 42.5 Å². The van der Waals surface area contributed by atoms with E-state index in [2.05, 4.69) is 5.32 Å². The lowest BCUT2D eigenvalue weighted by molar-refractivity contribution is -0.138. The van der Waals surface area contributed by atoms with Crippen LogP contribution in [0.5, 0.6) is 5.75 Å². The van der Waals surface area contributed by atoms with Crippen LogP contribution in [0.1, 0.15) is 30.5 Å². The molecule has 0 unspecified atom stereocenters. The zero-order valence-corrected chi connectivity index (χ0v) is 14.4. The summed E-state index contributed by atoms with van der Waals surface area (Å²) >= 11 is 0. The molecule has 0 saturated heterocycles. The van der Waals surface area contributed by atoms with Crippen molar-refractivity contribution in [1.29, 1.82) is 0 Å². The minimum atomic E-state index is -4.69. The topological polar surface area (TPSA) is 38.3 Å². The molecule has 2 aromatic carbocycles. The van der Waals surface area contributed by atoms with Crippen molar-refractivity contribution in [2.24, 2.45) is 0 Å². The van der Waals surface area contributed by atoms with Gasteiger partial charge >= 0.3 is 6.18 Å². The Kier molecular flexibility index (Phi) is 6.23. The highest BCUT2D eigenvalue weighted by molar-refractivity contribution is 5.78. The number of alkyl halides is 3. The third-order valence-corrected chi connectivity index (χ3v) is 3.49. The summed E-state index contributed by atoms with van der Waals surface area (Å²) < 4.78 is 57.5. The number of benzene rings is 2. The molecule has 26 heavy (non-hydrogen) atoms. The van der Waals surface area contributed by atoms with Crippen molar-refractivity contribution in [2.45, 2.75) is 39.1 Å². The van der Waals surface area contributed by atoms with Crippen LogP contribution in [0.3, 0.4) is 0 Å². The molecule has 0 aliphatic heterocycles. The summed E-state index contributed by atoms with van der Waals surface area (Å²) in [6.07, 6.45) is -4.71. The van der Waals surface area contributed by atoms with Gasteiger partial charge in [0.05, 0.1) is 18.1 Å². The molecule has 0 aliphatic rings. The smallest absolute Gasteiger partial charge is 0.416 e. The van der Waals surface area contributed by atoms with Gasteiger partial charge in [0.2, 0.25) is 5.91 Å². The Morgan fingerprint density at radius 2 is 1.88 bits per heavy atom. The van der Waals surface area contributed by atoms with Crippen LogP contribution >= 0.6 is 0 Å². The van der Waals surface area contributed by atoms with Crippen molar-refractivity contribution in [3.8, 4) is 5.75 Å². The van der Waals surface area contributed by atoms with Gasteiger partial charge < -0.3 is 10.1 Å². The number of carbonyl (C=O) groups excluding carboxylic acids is 1. The molecule has 0 bridgehead atoms. The Bertz CT molecular complexity index is 772. The third-order valence-electron chi connectivity index (χ3n) is 3.49. The second-order valence-electron chi connectivity index (χ2n) is 6.07. The molecule has 0 atom stereocenters. The molecular weight excluding hydrogens is 350 g/mol. The Balaban J connectivity index is 2.02. The van der Waals surface area contributed by atoms with Gasteiger partial charge in [0, 0.05) is 6.54 Å². The number of halogens is 4. The molecule has 0 spiro atoms. The first-order valence-electron chi connectivity index (χ1n) is 8.03. The minimum Gasteiger partial charge on any atom is -0.491 e. The number of hydrogen-bond donors (Lipinski definition) is 1. The Morgan fingerprint density at radius 3 is 2.54 bits per heavy atom. The first-order chi connectivity index (χ1) is 12.1. The summed E-state index contributed by atoms with van der Waals surface area (Å²) in [6.45, 7) is 3.41. The molecule has 1 amide bonds. The van der Waals surface area contributed by atoms with E-state index in [0.717, 1.165) is 12.1 Å². The lowest BCUT2D eigenvalue weighted by atomic mass is 10.1. The maximum atomic E-state index is 13.1. The average molecular weight is 369 g/mol. The van der Waals surface area contributed by atoms with Gasteiger partial charge in [-0.2, -0.15) is 13.2 Å². The van der Waals surface area contributed by atoms with Crippen molar-refractivity contribution in [2.75, 3.05) is 0 Å². The van der Waals surface area contributed by atoms with Gasteiger partial charge in [-0.05, 0) is 49.2 Å². The van der Waals surface area contributed by atoms with Gasteiger partial charge in [0.15, 0.2) is 0 Å². The summed E-state index contributed by atoms with van der Waals surface area (Å²) in [7, 11) is 0. The van der Waals surface area contributed by atoms with Crippen molar-refractivity contribution in [3.63, 3.8) is 0 Å². The van der Waals surface area contributed by atoms with Gasteiger partial charge in [-0.1, -0.05) is 18.2 Å². The molecular formula is C19H19F4NO2. The number of rotatable bonds is 6. The predicted octanol–water partition coefficient (Wildman–Crippen LogP) is 4.49. The second kappa shape index (κ2) is 8.21. The van der Waals surface area contributed by atoms with Crippen LogP contribution in [-0.2, 0) is 23.9 Å². The van der Waals surface area contributed by atoms with Crippen LogP contribution in [0, 0.1) is 5.82 Å². The quantitative estimate of drug-likeness (QED) is 0.762. The van der Waals surface area contributed by atoms with E-state index < -0.39 is 23.5 Å². The molecule has 3 nitrogen and oxygen atoms in total. The third kappa shape index (κ3) is 5.75. The van der Waals surface area contributed by atoms with Crippen LogP contribution in [-0.4, -0.2) is 12.0 Å². The van der Waals surface area contributed by atoms with Gasteiger partial charge in [-0.15, -0.1) is 0 Å². The number of hydrogen-bond acceptors (Lipinski definition) is 2. The largest absolute Gasteiger partial charge is 0.491 e. The number of ether oxygens (including phenoxy) is 1. The molecule has 0 saturated carbocycles. The Hall–Kier alpha value is -2.57. The molecule has 1 N–H and O–H groups in total. The molecule has 0 aromatic heterocycles. The molecule has 2 aromatic rings. The zero-order chi connectivity index (χ0) is 19.3. The van der Waals surface area contributed by atoms with E-state index in [1.165, 1.54) is 0 Å². The first kappa shape index (κ1) is 19.8. The van der Waals surface area contributed by atoms with Gasteiger partial charge in [0.25, 0.3) is 0 Å². The van der Waals surface area contributed by atoms with Crippen LogP contribution in [0.4, 0.5) is 17.6 Å². The van der Waals surface area contributed by atoms with Gasteiger partial charge in [-0.3, -0.25) is 4.79 Å². The Labute approximate surface area is 149 Å². The van der Waals surface area contributed by atoms with E-state index in [9.17, 15) is 22.4 Å². The van der Waals surface area contributed by atoms with Crippen LogP contribution in [0.25, 0.3) is 0 Å². The molecule has 7 heteroatoms. The van der Waals surface area contributed by atoms with E-state index in [1.54, 1.807) is 24.3 Å². The summed E-state index contributed by atoms with van der Waals surface area (Å²) in [6, 6.07) is 9.31. The van der Waals surface area contributed by atoms with E-state index in [0.29, 0.717) is 17.4 Å². The molecule has 2 rings (SSSR count). The number of nitrogens with one attached hydrogen (secondary N) is 1. The highest BCUT2D eigenvalue weighted by atomic mass is 19.4. The molecule has 0 fully saturated rings. The van der Waals surface area contributed by atoms with Crippen molar-refractivity contribution < 1.29 is 27.1 Å². The van der Waals surface area contributed by atoms with Crippen LogP contribution in [0.2, 0.25) is 0 Å². The lowest BCUT2D eigenvalue weighted by Crippen LogP contribution is -2.26. The fourth-order valence-corrected chi connectivity index (χ4v) is 2.41. The molecule has 0 aliphatic carbocycles. The average Bonchev–Trinajstić information content (AvgIpc) is 2.52. The molecule has 0 heterocycles. The zero-order valence-electron chi connectivity index (χ0n) is 14.4. The molecule has 0 radical (unpaired) electrons. The normalized spacial score (nSPS) is 11.5. The standard InChI is InChI=1S/C19H19F4NO2/c1-12(2)26-16-5-3-4-13(8-16)9-18(25)24-11-14-6-7-15(20)10-17(14)19(21,22)23/h3-8,10,12H,9,11H2,1-2H3,(H,24,25). The van der Waals surface area contributed by atoms with E-state index in [4.69, 9.17) is 4.74 Å². The minimum absolute atomic E-state index is 0.00214. The first-order valence-corrected chi connectivity index (χ1v) is 8.03. The Morgan fingerprint density at radius 1 is 1.15 bits per heavy atom. The fourth-order valence-electron chi connectivity index (χ4n) is 2.41. The SMILES string of the molecule is CC(C)Oc1cccc(CC(=O)NCc2ccc(F)cc2C(F)(F)F)c1. The van der Waals surface area contributed by atoms with Crippen molar-refractivity contribution >= 4 is 5.91 Å². The van der Waals surface area contributed by atoms with E-state index in [-0.39, 0.29) is 24.6 Å². The predicted molar refractivity (Wildman–Crippen MR) is 89.2 cm³/mol. The second-order valence-corrected chi connectivity index (χ2v) is 6.07. The van der Waals surface area contributed by atoms with E-state index in [1.807, 2.05) is 13.8 Å². The van der Waals surface area contributed by atoms with Crippen molar-refractivity contribution in [1.82, 2.24) is 5.32 Å². The maximum Gasteiger partial charge on any atom is 0.416 e. The maximum absolute atomic E-state index is 13.1. The highest BCUT2D eigenvalue weighted by Gasteiger charge is 2.33. The van der Waals surface area contributed by atoms with Crippen molar-refractivity contribution in [3.05, 3.63) is 65.0 Å². The monoisotopic (exact) mass is 369 g/mol. The molecule has 140 valence electrons. The highest BCUT2D eigenvalue weighted by Crippen LogP contribution is 2.32. The summed E-state index contributed by atoms with van der Waals surface area (Å²) in [5.74, 6) is -0.804. The van der Waals surface area contributed by atoms with E-state index >= 15 is 0 Å². The van der Waals surface area contributed by atoms with Gasteiger partial charge in [-0.25, -0.2) is 4.39 Å². The fraction of sp³-hybridized carbons (Fsp3) is 0.316. The van der Waals surface area contributed by atoms with Crippen LogP contribution < -0.4 is 10.1 Å².